The third kappa shape index (κ3) is 5.68. The molecule has 0 aliphatic carbocycles. The van der Waals surface area contributed by atoms with Crippen LogP contribution in [0.25, 0.3) is 0 Å². The van der Waals surface area contributed by atoms with Crippen molar-refractivity contribution in [3.63, 3.8) is 0 Å². The van der Waals surface area contributed by atoms with Gasteiger partial charge >= 0.3 is 6.18 Å². The molecule has 0 fully saturated rings. The topological polar surface area (TPSA) is 113 Å². The van der Waals surface area contributed by atoms with Gasteiger partial charge in [-0.1, -0.05) is 0 Å². The van der Waals surface area contributed by atoms with E-state index in [2.05, 4.69) is 15.3 Å². The van der Waals surface area contributed by atoms with Crippen LogP contribution < -0.4 is 11.1 Å². The number of amides is 1. The van der Waals surface area contributed by atoms with Crippen LogP contribution >= 0.6 is 12.4 Å². The smallest absolute Gasteiger partial charge is 0.385 e. The standard InChI is InChI=1S/C19H15F4N5O2.ClH/c20-13-3-2-11(27-18(29)14-4-1-10(8-24)9-26-14)7-12(13)16-17(25)28-15(5-6-30-16)19(21,22)23;/h1-4,7,9,15-16H,5-6H2,(H2,25,28)(H,27,29);1H. The lowest BCUT2D eigenvalue weighted by Gasteiger charge is -2.17. The number of hydrogen-bond acceptors (Lipinski definition) is 6. The number of nitrogens with two attached hydrogens (primary N) is 1. The fourth-order valence-corrected chi connectivity index (χ4v) is 2.79. The molecule has 3 N–H and O–H groups in total. The second-order valence-corrected chi connectivity index (χ2v) is 6.39. The molecular formula is C19H16ClF4N5O2. The lowest BCUT2D eigenvalue weighted by atomic mass is 10.1. The first-order valence-electron chi connectivity index (χ1n) is 8.67. The van der Waals surface area contributed by atoms with Crippen molar-refractivity contribution in [2.75, 3.05) is 11.9 Å². The third-order valence-corrected chi connectivity index (χ3v) is 4.29. The van der Waals surface area contributed by atoms with Gasteiger partial charge in [-0.05, 0) is 30.3 Å². The van der Waals surface area contributed by atoms with Crippen molar-refractivity contribution in [3.8, 4) is 6.07 Å². The SMILES string of the molecule is Cl.N#Cc1ccc(C(=O)Nc2ccc(F)c(C3OCCC(C(F)(F)F)N=C3N)c2)nc1. The monoisotopic (exact) mass is 457 g/mol. The largest absolute Gasteiger partial charge is 0.410 e. The van der Waals surface area contributed by atoms with Crippen molar-refractivity contribution < 1.29 is 27.1 Å². The van der Waals surface area contributed by atoms with Gasteiger partial charge in [0.15, 0.2) is 0 Å². The first-order chi connectivity index (χ1) is 14.2. The number of nitrogens with one attached hydrogen (secondary N) is 1. The summed E-state index contributed by atoms with van der Waals surface area (Å²) in [4.78, 5) is 19.6. The van der Waals surface area contributed by atoms with Gasteiger partial charge in [0.2, 0.25) is 0 Å². The molecule has 2 atom stereocenters. The van der Waals surface area contributed by atoms with Crippen LogP contribution in [0.5, 0.6) is 0 Å². The van der Waals surface area contributed by atoms with Gasteiger partial charge in [0.05, 0.1) is 12.2 Å². The molecule has 2 aromatic rings. The van der Waals surface area contributed by atoms with E-state index in [9.17, 15) is 22.4 Å². The molecule has 3 rings (SSSR count). The third-order valence-electron chi connectivity index (χ3n) is 4.29. The van der Waals surface area contributed by atoms with E-state index in [0.29, 0.717) is 0 Å². The van der Waals surface area contributed by atoms with E-state index >= 15 is 0 Å². The molecular weight excluding hydrogens is 442 g/mol. The van der Waals surface area contributed by atoms with E-state index < -0.39 is 42.3 Å². The number of alkyl halides is 3. The Morgan fingerprint density at radius 1 is 1.29 bits per heavy atom. The quantitative estimate of drug-likeness (QED) is 0.685. The fraction of sp³-hybridized carbons (Fsp3) is 0.263. The molecule has 31 heavy (non-hydrogen) atoms. The number of pyridine rings is 1. The molecule has 1 amide bonds. The summed E-state index contributed by atoms with van der Waals surface area (Å²) in [7, 11) is 0. The minimum absolute atomic E-state index is 0. The zero-order chi connectivity index (χ0) is 21.9. The predicted octanol–water partition coefficient (Wildman–Crippen LogP) is 3.52. The van der Waals surface area contributed by atoms with Crippen LogP contribution in [0.1, 0.15) is 34.1 Å². The van der Waals surface area contributed by atoms with Crippen molar-refractivity contribution in [2.24, 2.45) is 10.7 Å². The van der Waals surface area contributed by atoms with Gasteiger partial charge in [-0.2, -0.15) is 18.4 Å². The first kappa shape index (κ1) is 24.0. The maximum absolute atomic E-state index is 14.4. The van der Waals surface area contributed by atoms with Crippen LogP contribution in [0, 0.1) is 17.1 Å². The minimum Gasteiger partial charge on any atom is -0.385 e. The average molecular weight is 458 g/mol. The number of anilines is 1. The molecule has 0 saturated carbocycles. The van der Waals surface area contributed by atoms with Gasteiger partial charge in [-0.3, -0.25) is 9.79 Å². The minimum atomic E-state index is -4.59. The molecule has 1 aromatic heterocycles. The summed E-state index contributed by atoms with van der Waals surface area (Å²) in [5.41, 5.74) is 5.94. The maximum Gasteiger partial charge on any atom is 0.410 e. The van der Waals surface area contributed by atoms with Crippen LogP contribution in [0.2, 0.25) is 0 Å². The number of carbonyl (C=O) groups is 1. The number of aromatic nitrogens is 1. The Kier molecular flexibility index (Phi) is 7.54. The molecule has 164 valence electrons. The Morgan fingerprint density at radius 2 is 2.03 bits per heavy atom. The number of amidine groups is 1. The van der Waals surface area contributed by atoms with Crippen molar-refractivity contribution in [3.05, 3.63) is 59.2 Å². The van der Waals surface area contributed by atoms with Gasteiger partial charge in [0, 0.05) is 23.9 Å². The number of hydrogen-bond donors (Lipinski definition) is 2. The van der Waals surface area contributed by atoms with Crippen LogP contribution in [0.15, 0.2) is 41.5 Å². The summed E-state index contributed by atoms with van der Waals surface area (Å²) in [6.45, 7) is -0.329. The Balaban J connectivity index is 0.00000341. The number of nitriles is 1. The predicted molar refractivity (Wildman–Crippen MR) is 105 cm³/mol. The number of aliphatic imine (C=N–C) groups is 1. The number of ether oxygens (including phenoxy) is 1. The van der Waals surface area contributed by atoms with Crippen molar-refractivity contribution in [2.45, 2.75) is 24.7 Å². The fourth-order valence-electron chi connectivity index (χ4n) is 2.79. The van der Waals surface area contributed by atoms with E-state index in [1.54, 1.807) is 0 Å². The molecule has 2 heterocycles. The van der Waals surface area contributed by atoms with Crippen molar-refractivity contribution >= 4 is 29.8 Å². The summed E-state index contributed by atoms with van der Waals surface area (Å²) >= 11 is 0. The summed E-state index contributed by atoms with van der Waals surface area (Å²) in [6, 6.07) is 6.09. The summed E-state index contributed by atoms with van der Waals surface area (Å²) < 4.78 is 58.6. The van der Waals surface area contributed by atoms with E-state index in [-0.39, 0.29) is 41.5 Å². The van der Waals surface area contributed by atoms with E-state index in [1.165, 1.54) is 30.5 Å². The highest BCUT2D eigenvalue weighted by Gasteiger charge is 2.41. The maximum atomic E-state index is 14.4. The Labute approximate surface area is 180 Å². The number of rotatable bonds is 3. The van der Waals surface area contributed by atoms with Gasteiger partial charge in [0.25, 0.3) is 5.91 Å². The highest BCUT2D eigenvalue weighted by molar-refractivity contribution is 6.03. The Morgan fingerprint density at radius 3 is 2.65 bits per heavy atom. The van der Waals surface area contributed by atoms with Crippen LogP contribution in [0.3, 0.4) is 0 Å². The zero-order valence-electron chi connectivity index (χ0n) is 15.7. The van der Waals surface area contributed by atoms with Crippen molar-refractivity contribution in [1.29, 1.82) is 5.26 Å². The summed E-state index contributed by atoms with van der Waals surface area (Å²) in [5.74, 6) is -1.92. The number of halogens is 5. The van der Waals surface area contributed by atoms with E-state index in [4.69, 9.17) is 15.7 Å². The molecule has 0 saturated heterocycles. The van der Waals surface area contributed by atoms with Gasteiger partial charge < -0.3 is 15.8 Å². The lowest BCUT2D eigenvalue weighted by Crippen LogP contribution is -2.30. The number of nitrogens with zero attached hydrogens (tertiary/aromatic N) is 3. The Hall–Kier alpha value is -3.23. The van der Waals surface area contributed by atoms with Gasteiger partial charge in [-0.15, -0.1) is 12.4 Å². The molecule has 7 nitrogen and oxygen atoms in total. The van der Waals surface area contributed by atoms with Crippen LogP contribution in [0.4, 0.5) is 23.2 Å². The second kappa shape index (κ2) is 9.72. The van der Waals surface area contributed by atoms with Gasteiger partial charge in [0.1, 0.15) is 35.6 Å². The zero-order valence-corrected chi connectivity index (χ0v) is 16.5. The lowest BCUT2D eigenvalue weighted by molar-refractivity contribution is -0.149. The molecule has 1 aliphatic rings. The second-order valence-electron chi connectivity index (χ2n) is 6.39. The molecule has 2 unspecified atom stereocenters. The van der Waals surface area contributed by atoms with Crippen LogP contribution in [-0.4, -0.2) is 35.6 Å². The van der Waals surface area contributed by atoms with Crippen molar-refractivity contribution in [1.82, 2.24) is 4.98 Å². The summed E-state index contributed by atoms with van der Waals surface area (Å²) in [6.07, 6.45) is -5.14. The van der Waals surface area contributed by atoms with E-state index in [0.717, 1.165) is 6.07 Å². The average Bonchev–Trinajstić information content (AvgIpc) is 2.91. The first-order valence-corrected chi connectivity index (χ1v) is 8.67. The molecule has 0 spiro atoms. The molecule has 0 radical (unpaired) electrons. The molecule has 0 bridgehead atoms. The Bertz CT molecular complexity index is 1020. The highest BCUT2D eigenvalue weighted by atomic mass is 35.5. The number of carbonyl (C=O) groups excluding carboxylic acids is 1. The highest BCUT2D eigenvalue weighted by Crippen LogP contribution is 2.31. The van der Waals surface area contributed by atoms with Gasteiger partial charge in [-0.25, -0.2) is 9.37 Å². The van der Waals surface area contributed by atoms with Crippen LogP contribution in [-0.2, 0) is 4.74 Å². The van der Waals surface area contributed by atoms with E-state index in [1.807, 2.05) is 6.07 Å². The molecule has 1 aliphatic heterocycles. The normalized spacial score (nSPS) is 18.7. The molecule has 12 heteroatoms. The molecule has 1 aromatic carbocycles. The number of benzene rings is 1. The summed E-state index contributed by atoms with van der Waals surface area (Å²) in [5, 5.41) is 11.3.